The molecule has 0 saturated carbocycles. The zero-order chi connectivity index (χ0) is 69.9. The van der Waals surface area contributed by atoms with E-state index in [9.17, 15) is 54.6 Å². The van der Waals surface area contributed by atoms with Crippen molar-refractivity contribution in [3.63, 3.8) is 0 Å². The van der Waals surface area contributed by atoms with Crippen molar-refractivity contribution in [1.82, 2.24) is 10.2 Å². The molecule has 4 heterocycles. The highest BCUT2D eigenvalue weighted by Crippen LogP contribution is 2.33. The van der Waals surface area contributed by atoms with Crippen LogP contribution in [-0.2, 0) is 63.6 Å². The van der Waals surface area contributed by atoms with Gasteiger partial charge in [0.05, 0.1) is 25.4 Å². The molecule has 0 bridgehead atoms. The maximum absolute atomic E-state index is 11.9. The van der Waals surface area contributed by atoms with E-state index in [-0.39, 0.29) is 12.7 Å². The van der Waals surface area contributed by atoms with Crippen molar-refractivity contribution in [1.29, 1.82) is 0 Å². The molecule has 30 heteroatoms. The quantitative estimate of drug-likeness (QED) is 0.0163. The largest absolute Gasteiger partial charge is 0.463 e. The number of nitrogens with one attached hydrogen (secondary N) is 2. The van der Waals surface area contributed by atoms with Crippen LogP contribution in [0, 0.1) is 26.1 Å². The fourth-order valence-corrected chi connectivity index (χ4v) is 11.7. The summed E-state index contributed by atoms with van der Waals surface area (Å²) < 4.78 is 47.4. The number of aliphatic hydroxyl groups excluding tert-OH is 8. The monoisotopic (exact) mass is 1790 g/mol. The number of hydrogen-bond donors (Lipinski definition) is 10. The first-order chi connectivity index (χ1) is 44.5. The molecule has 10 N–H and O–H groups in total. The molecule has 4 aromatic rings. The highest BCUT2D eigenvalue weighted by Gasteiger charge is 2.52. The second-order valence-corrected chi connectivity index (χ2v) is 27.2. The minimum absolute atomic E-state index is 0.287. The predicted molar refractivity (Wildman–Crippen MR) is 379 cm³/mol. The normalized spacial score (nSPS) is 30.4. The van der Waals surface area contributed by atoms with Crippen molar-refractivity contribution in [2.45, 2.75) is 179 Å². The van der Waals surface area contributed by atoms with Crippen LogP contribution in [-0.4, -0.2) is 213 Å². The summed E-state index contributed by atoms with van der Waals surface area (Å²) in [5, 5.41) is 78.7. The van der Waals surface area contributed by atoms with Gasteiger partial charge in [0.15, 0.2) is 30.8 Å². The maximum atomic E-state index is 11.9. The molecule has 520 valence electrons. The first-order valence-corrected chi connectivity index (χ1v) is 34.4. The Balaban J connectivity index is 0.000000265. The number of halogens is 5. The van der Waals surface area contributed by atoms with E-state index in [1.165, 1.54) is 49.3 Å². The molecule has 25 nitrogen and oxygen atoms in total. The van der Waals surface area contributed by atoms with E-state index in [4.69, 9.17) is 59.9 Å². The van der Waals surface area contributed by atoms with Crippen LogP contribution in [0.1, 0.15) is 88.9 Å². The van der Waals surface area contributed by atoms with E-state index in [2.05, 4.69) is 162 Å². The molecular weight excluding hydrogens is 1700 g/mol. The van der Waals surface area contributed by atoms with Crippen LogP contribution < -0.4 is 10.2 Å². The number of aliphatic imine (C=N–C) groups is 2. The Morgan fingerprint density at radius 3 is 1.43 bits per heavy atom. The molecule has 4 aliphatic rings. The molecule has 0 radical (unpaired) electrons. The van der Waals surface area contributed by atoms with Gasteiger partial charge in [0.25, 0.3) is 0 Å². The first-order valence-electron chi connectivity index (χ1n) is 29.8. The highest BCUT2D eigenvalue weighted by atomic mass is 127. The standard InChI is InChI=1S/C21H24INO9.C17H26INO.C13H16INO5.C7H5IO.C6H12ClNO5/c1-11(24)28-10-17-19(29-12(2)25)20(30-13(3)26)18(21(32-17)31-14(4)27)23-9-15-5-7-16(22)8-6-15;1-5-16-11(2)12(3)17(13(4)20-16)19-10-14-6-8-15(18)9-7-14;14-8-3-1-7(2-4-8)5-15-10-12(18)11(17)9(6-16)20-13(10)19;8-7-3-1-6(5-9)2-4-7;7-8-3-5(11)4(10)2(1-9)13-6(3)12/h5-9,17-21H,10H2,1-4H3;6-9,11-13,16-17,19H,5,10H2,1-4H3;1-5,9-13,16-19H,6H2;1-5H;2-6,8-12H,1H2/t17-,18-,19-,20-,21?;11-,12-,13?,16+,17+;9-,10-,11-,12-,13?;;2-,3-,4-,5-,6?/m101.1/s1. The second-order valence-electron chi connectivity index (χ2n) is 22.0. The smallest absolute Gasteiger partial charge is 0.305 e. The van der Waals surface area contributed by atoms with Crippen molar-refractivity contribution in [2.75, 3.05) is 19.8 Å². The lowest BCUT2D eigenvalue weighted by molar-refractivity contribution is -0.266. The number of aliphatic hydroxyl groups is 8. The van der Waals surface area contributed by atoms with Crippen molar-refractivity contribution in [2.24, 2.45) is 21.8 Å². The van der Waals surface area contributed by atoms with Gasteiger partial charge in [-0.3, -0.25) is 34.0 Å². The zero-order valence-electron chi connectivity index (χ0n) is 52.7. The highest BCUT2D eigenvalue weighted by molar-refractivity contribution is 14.1. The van der Waals surface area contributed by atoms with E-state index >= 15 is 0 Å². The van der Waals surface area contributed by atoms with E-state index in [0.717, 1.165) is 46.7 Å². The van der Waals surface area contributed by atoms with Crippen LogP contribution in [0.4, 0.5) is 0 Å². The fraction of sp³-hybridized carbons (Fsp3) is 0.516. The Bertz CT molecular complexity index is 3000. The van der Waals surface area contributed by atoms with Gasteiger partial charge in [-0.15, -0.1) is 0 Å². The van der Waals surface area contributed by atoms with Crippen LogP contribution in [0.3, 0.4) is 0 Å². The molecule has 4 aromatic carbocycles. The number of benzene rings is 4. The van der Waals surface area contributed by atoms with Gasteiger partial charge < -0.3 is 84.1 Å². The summed E-state index contributed by atoms with van der Waals surface area (Å²) in [7, 11) is 0. The lowest BCUT2D eigenvalue weighted by Gasteiger charge is -2.44. The Kier molecular flexibility index (Phi) is 37.4. The van der Waals surface area contributed by atoms with E-state index in [1.807, 2.05) is 60.7 Å². The Labute approximate surface area is 606 Å². The summed E-state index contributed by atoms with van der Waals surface area (Å²) >= 11 is 14.1. The molecule has 8 rings (SSSR count). The number of nitrogens with zero attached hydrogens (tertiary/aromatic N) is 2. The van der Waals surface area contributed by atoms with Gasteiger partial charge in [0.1, 0.15) is 67.7 Å². The predicted octanol–water partition coefficient (Wildman–Crippen LogP) is 5.16. The summed E-state index contributed by atoms with van der Waals surface area (Å²) in [5.74, 6) is -1.34. The Hall–Kier alpha value is -3.58. The van der Waals surface area contributed by atoms with Gasteiger partial charge in [0, 0.05) is 72.6 Å². The molecule has 4 aliphatic heterocycles. The maximum Gasteiger partial charge on any atom is 0.305 e. The summed E-state index contributed by atoms with van der Waals surface area (Å²) in [6.45, 7) is 13.5. The second kappa shape index (κ2) is 42.4. The van der Waals surface area contributed by atoms with E-state index < -0.39 is 129 Å². The average molecular weight is 1790 g/mol. The number of rotatable bonds is 17. The van der Waals surface area contributed by atoms with Crippen LogP contribution in [0.15, 0.2) is 107 Å². The number of hydrogen-bond acceptors (Lipinski definition) is 25. The van der Waals surface area contributed by atoms with Gasteiger partial charge in [0.2, 0.25) is 6.29 Å². The third kappa shape index (κ3) is 26.9. The molecule has 0 spiro atoms. The van der Waals surface area contributed by atoms with E-state index in [1.54, 1.807) is 12.1 Å². The number of esters is 4. The number of carbonyl (C=O) groups excluding carboxylic acids is 5. The topological polar surface area (TPSA) is 370 Å². The summed E-state index contributed by atoms with van der Waals surface area (Å²) in [4.78, 5) is 67.3. The van der Waals surface area contributed by atoms with Crippen LogP contribution in [0.5, 0.6) is 0 Å². The third-order valence-corrected chi connectivity index (χ3v) is 18.2. The molecule has 94 heavy (non-hydrogen) atoms. The van der Waals surface area contributed by atoms with Crippen LogP contribution in [0.2, 0.25) is 0 Å². The Morgan fingerprint density at radius 2 is 0.979 bits per heavy atom. The third-order valence-electron chi connectivity index (χ3n) is 15.1. The van der Waals surface area contributed by atoms with Crippen molar-refractivity contribution in [3.8, 4) is 0 Å². The number of aldehydes is 1. The van der Waals surface area contributed by atoms with E-state index in [0.29, 0.717) is 24.0 Å². The van der Waals surface area contributed by atoms with Gasteiger partial charge in [-0.2, -0.15) is 0 Å². The minimum Gasteiger partial charge on any atom is -0.463 e. The number of ether oxygens (including phenoxy) is 8. The van der Waals surface area contributed by atoms with Crippen molar-refractivity contribution >= 4 is 145 Å². The minimum atomic E-state index is -1.37. The van der Waals surface area contributed by atoms with Gasteiger partial charge >= 0.3 is 23.9 Å². The number of carbonyl (C=O) groups is 5. The zero-order valence-corrected chi connectivity index (χ0v) is 62.1. The molecule has 4 saturated heterocycles. The van der Waals surface area contributed by atoms with Crippen molar-refractivity contribution < 1.29 is 103 Å². The molecule has 0 aromatic heterocycles. The SMILES string of the molecule is CC(=O)OC[C@H]1OC(OC(C)=O)[C@H](N=Cc2ccc(I)cc2)[C@@H](OC(C)=O)[C@@H]1OC(C)=O.CC[C@H]1OC(C)[C@H](NCc2ccc(I)cc2)[C@@H](C)[C@@H]1C.O=Cc1ccc(I)cc1.OC[C@H]1OC(O)[C@H](N=Cc2ccc(I)cc2)[C@@H](O)[C@@H]1O.OC[C@H]1OC(O)[C@H](NCl)[C@@H](O)[C@@H]1O. The Morgan fingerprint density at radius 1 is 0.532 bits per heavy atom. The summed E-state index contributed by atoms with van der Waals surface area (Å²) in [6.07, 6.45) is -8.89. The average Bonchev–Trinajstić information content (AvgIpc) is 0.814. The molecule has 0 aliphatic carbocycles. The van der Waals surface area contributed by atoms with Gasteiger partial charge in [-0.1, -0.05) is 69.3 Å². The fourth-order valence-electron chi connectivity index (χ4n) is 9.98. The van der Waals surface area contributed by atoms with Gasteiger partial charge in [-0.05, 0) is 193 Å². The van der Waals surface area contributed by atoms with Crippen LogP contribution >= 0.6 is 102 Å². The lowest BCUT2D eigenvalue weighted by Crippen LogP contribution is -2.61. The van der Waals surface area contributed by atoms with Crippen molar-refractivity contribution in [3.05, 3.63) is 134 Å². The molecule has 4 fully saturated rings. The lowest BCUT2D eigenvalue weighted by atomic mass is 9.79. The summed E-state index contributed by atoms with van der Waals surface area (Å²) in [5.41, 5.74) is 3.62. The molecular formula is C64H83ClI4N4O21. The van der Waals surface area contributed by atoms with Gasteiger partial charge in [-0.25, -0.2) is 4.84 Å². The molecule has 20 atom stereocenters. The van der Waals surface area contributed by atoms with Crippen LogP contribution in [0.25, 0.3) is 0 Å². The molecule has 0 amide bonds. The first kappa shape index (κ1) is 82.8. The summed E-state index contributed by atoms with van der Waals surface area (Å²) in [6, 6.07) is 28.5. The molecule has 4 unspecified atom stereocenters.